The van der Waals surface area contributed by atoms with Crippen molar-refractivity contribution in [2.24, 2.45) is 0 Å². The number of hydrogen-bond donors (Lipinski definition) is 0. The van der Waals surface area contributed by atoms with E-state index in [1.165, 1.54) is 22.8 Å². The number of anilines is 1. The molecule has 0 aliphatic rings. The van der Waals surface area contributed by atoms with Gasteiger partial charge in [0, 0.05) is 18.1 Å². The van der Waals surface area contributed by atoms with Crippen LogP contribution in [0.3, 0.4) is 0 Å². The molecule has 4 nitrogen and oxygen atoms in total. The average molecular weight is 156 g/mol. The highest BCUT2D eigenvalue weighted by Crippen LogP contribution is 2.11. The summed E-state index contributed by atoms with van der Waals surface area (Å²) in [4.78, 5) is 15.4. The van der Waals surface area contributed by atoms with Gasteiger partial charge in [-0.3, -0.25) is 9.69 Å². The molecular formula is C5H6N3OS. The SMILES string of the molecule is CCN([C]=O)c1ncns1. The van der Waals surface area contributed by atoms with Gasteiger partial charge in [-0.1, -0.05) is 0 Å². The van der Waals surface area contributed by atoms with E-state index in [-0.39, 0.29) is 0 Å². The first-order valence-corrected chi connectivity index (χ1v) is 3.57. The van der Waals surface area contributed by atoms with Gasteiger partial charge in [-0.2, -0.15) is 4.37 Å². The maximum Gasteiger partial charge on any atom is 0.318 e. The lowest BCUT2D eigenvalue weighted by molar-refractivity contribution is 0.552. The van der Waals surface area contributed by atoms with Gasteiger partial charge in [0.15, 0.2) is 0 Å². The molecule has 0 saturated carbocycles. The molecule has 1 aromatic heterocycles. The number of carbonyl (C=O) groups excluding carboxylic acids is 1. The van der Waals surface area contributed by atoms with Gasteiger partial charge in [-0.25, -0.2) is 4.98 Å². The van der Waals surface area contributed by atoms with E-state index in [4.69, 9.17) is 0 Å². The fourth-order valence-corrected chi connectivity index (χ4v) is 1.07. The summed E-state index contributed by atoms with van der Waals surface area (Å²) in [6.07, 6.45) is 3.16. The molecule has 0 atom stereocenters. The summed E-state index contributed by atoms with van der Waals surface area (Å²) in [6, 6.07) is 0. The minimum Gasteiger partial charge on any atom is -0.279 e. The van der Waals surface area contributed by atoms with Gasteiger partial charge in [0.2, 0.25) is 5.13 Å². The van der Waals surface area contributed by atoms with Crippen LogP contribution in [0.1, 0.15) is 6.92 Å². The summed E-state index contributed by atoms with van der Waals surface area (Å²) in [7, 11) is 0. The number of aromatic nitrogens is 2. The number of nitrogens with zero attached hydrogens (tertiary/aromatic N) is 3. The molecule has 0 spiro atoms. The summed E-state index contributed by atoms with van der Waals surface area (Å²) in [6.45, 7) is 2.44. The van der Waals surface area contributed by atoms with Crippen LogP contribution < -0.4 is 4.90 Å². The standard InChI is InChI=1S/C5H6N3OS/c1-2-8(4-9)5-6-3-7-10-5/h3H,2H2,1H3. The van der Waals surface area contributed by atoms with Crippen molar-refractivity contribution in [2.75, 3.05) is 11.4 Å². The third-order valence-electron chi connectivity index (χ3n) is 1.01. The molecule has 1 heterocycles. The average Bonchev–Trinajstić information content (AvgIpc) is 2.43. The Bertz CT molecular complexity index is 199. The Balaban J connectivity index is 2.73. The van der Waals surface area contributed by atoms with Gasteiger partial charge in [0.25, 0.3) is 0 Å². The second-order valence-electron chi connectivity index (χ2n) is 1.56. The Hall–Kier alpha value is -0.970. The van der Waals surface area contributed by atoms with Crippen LogP contribution in [0.25, 0.3) is 0 Å². The van der Waals surface area contributed by atoms with E-state index >= 15 is 0 Å². The summed E-state index contributed by atoms with van der Waals surface area (Å²) >= 11 is 1.18. The zero-order chi connectivity index (χ0) is 7.40. The predicted octanol–water partition coefficient (Wildman–Crippen LogP) is 0.432. The van der Waals surface area contributed by atoms with Gasteiger partial charge < -0.3 is 0 Å². The Morgan fingerprint density at radius 1 is 1.90 bits per heavy atom. The Labute approximate surface area is 62.7 Å². The van der Waals surface area contributed by atoms with Crippen LogP contribution in [0.5, 0.6) is 0 Å². The second kappa shape index (κ2) is 3.26. The second-order valence-corrected chi connectivity index (χ2v) is 2.32. The third kappa shape index (κ3) is 1.30. The fraction of sp³-hybridized carbons (Fsp3) is 0.400. The summed E-state index contributed by atoms with van der Waals surface area (Å²) < 4.78 is 3.75. The van der Waals surface area contributed by atoms with E-state index in [1.807, 2.05) is 6.92 Å². The fourth-order valence-electron chi connectivity index (χ4n) is 0.525. The molecule has 5 heteroatoms. The maximum absolute atomic E-state index is 10.2. The van der Waals surface area contributed by atoms with Gasteiger partial charge in [0.05, 0.1) is 0 Å². The van der Waals surface area contributed by atoms with Crippen LogP contribution in [0.15, 0.2) is 6.33 Å². The predicted molar refractivity (Wildman–Crippen MR) is 38.6 cm³/mol. The van der Waals surface area contributed by atoms with Crippen LogP contribution in [0.4, 0.5) is 5.13 Å². The number of amides is 1. The van der Waals surface area contributed by atoms with Crippen LogP contribution in [0.2, 0.25) is 0 Å². The lowest BCUT2D eigenvalue weighted by Crippen LogP contribution is -2.19. The van der Waals surface area contributed by atoms with Gasteiger partial charge in [-0.15, -0.1) is 0 Å². The molecule has 10 heavy (non-hydrogen) atoms. The maximum atomic E-state index is 10.2. The van der Waals surface area contributed by atoms with Crippen molar-refractivity contribution in [3.63, 3.8) is 0 Å². The molecule has 0 aliphatic heterocycles. The molecule has 0 bridgehead atoms. The Kier molecular flexibility index (Phi) is 2.33. The highest BCUT2D eigenvalue weighted by atomic mass is 32.1. The zero-order valence-electron chi connectivity index (χ0n) is 5.44. The van der Waals surface area contributed by atoms with Crippen LogP contribution in [0, 0.1) is 0 Å². The Morgan fingerprint density at radius 3 is 3.10 bits per heavy atom. The van der Waals surface area contributed by atoms with Crippen molar-refractivity contribution in [1.82, 2.24) is 9.36 Å². The highest BCUT2D eigenvalue weighted by Gasteiger charge is 2.05. The summed E-state index contributed by atoms with van der Waals surface area (Å²) in [5.74, 6) is 0. The van der Waals surface area contributed by atoms with Crippen LogP contribution in [-0.4, -0.2) is 22.3 Å². The molecule has 0 N–H and O–H groups in total. The first-order chi connectivity index (χ1) is 4.88. The smallest absolute Gasteiger partial charge is 0.279 e. The molecule has 53 valence electrons. The summed E-state index contributed by atoms with van der Waals surface area (Å²) in [5, 5.41) is 0.595. The first-order valence-electron chi connectivity index (χ1n) is 2.80. The van der Waals surface area contributed by atoms with Gasteiger partial charge in [-0.05, 0) is 6.92 Å². The first kappa shape index (κ1) is 7.14. The van der Waals surface area contributed by atoms with E-state index < -0.39 is 0 Å². The van der Waals surface area contributed by atoms with E-state index in [0.29, 0.717) is 11.7 Å². The lowest BCUT2D eigenvalue weighted by atomic mass is 10.7. The molecule has 0 unspecified atom stereocenters. The largest absolute Gasteiger partial charge is 0.318 e. The minimum absolute atomic E-state index is 0.582. The molecule has 1 amide bonds. The van der Waals surface area contributed by atoms with Crippen LogP contribution >= 0.6 is 11.5 Å². The molecule has 0 aromatic carbocycles. The molecule has 0 saturated heterocycles. The quantitative estimate of drug-likeness (QED) is 0.596. The van der Waals surface area contributed by atoms with Crippen molar-refractivity contribution < 1.29 is 4.79 Å². The van der Waals surface area contributed by atoms with E-state index in [2.05, 4.69) is 9.36 Å². The van der Waals surface area contributed by atoms with E-state index in [9.17, 15) is 4.79 Å². The van der Waals surface area contributed by atoms with Crippen molar-refractivity contribution in [2.45, 2.75) is 6.92 Å². The van der Waals surface area contributed by atoms with Crippen molar-refractivity contribution in [1.29, 1.82) is 0 Å². The summed E-state index contributed by atoms with van der Waals surface area (Å²) in [5.41, 5.74) is 0. The van der Waals surface area contributed by atoms with Crippen LogP contribution in [-0.2, 0) is 4.79 Å². The molecule has 1 rings (SSSR count). The third-order valence-corrected chi connectivity index (χ3v) is 1.70. The van der Waals surface area contributed by atoms with E-state index in [1.54, 1.807) is 6.41 Å². The molecule has 1 radical (unpaired) electrons. The van der Waals surface area contributed by atoms with Crippen molar-refractivity contribution in [3.05, 3.63) is 6.33 Å². The monoisotopic (exact) mass is 156 g/mol. The van der Waals surface area contributed by atoms with Crippen molar-refractivity contribution in [3.8, 4) is 0 Å². The topological polar surface area (TPSA) is 46.1 Å². The Morgan fingerprint density at radius 2 is 2.70 bits per heavy atom. The highest BCUT2D eigenvalue weighted by molar-refractivity contribution is 7.09. The van der Waals surface area contributed by atoms with Gasteiger partial charge in [0.1, 0.15) is 6.33 Å². The van der Waals surface area contributed by atoms with Gasteiger partial charge >= 0.3 is 6.41 Å². The van der Waals surface area contributed by atoms with E-state index in [0.717, 1.165) is 0 Å². The normalized spacial score (nSPS) is 9.30. The van der Waals surface area contributed by atoms with Crippen molar-refractivity contribution >= 4 is 23.1 Å². The molecular weight excluding hydrogens is 150 g/mol. The number of hydrogen-bond acceptors (Lipinski definition) is 4. The lowest BCUT2D eigenvalue weighted by Gasteiger charge is -2.06. The number of rotatable bonds is 3. The molecule has 0 aliphatic carbocycles. The minimum atomic E-state index is 0.582. The molecule has 0 fully saturated rings. The zero-order valence-corrected chi connectivity index (χ0v) is 6.26. The molecule has 1 aromatic rings.